The molecule has 1 heterocycles. The van der Waals surface area contributed by atoms with Gasteiger partial charge in [-0.2, -0.15) is 13.5 Å². The van der Waals surface area contributed by atoms with Crippen molar-refractivity contribution >= 4 is 26.8 Å². The zero-order valence-corrected chi connectivity index (χ0v) is 14.4. The van der Waals surface area contributed by atoms with Gasteiger partial charge in [-0.25, -0.2) is 5.43 Å². The molecule has 0 aromatic carbocycles. The molecule has 2 unspecified atom stereocenters. The largest absolute Gasteiger partial charge is 0.495 e. The first kappa shape index (κ1) is 17.2. The van der Waals surface area contributed by atoms with Gasteiger partial charge in [0.05, 0.1) is 12.8 Å². The number of carbonyl (C=O) groups is 1. The predicted molar refractivity (Wildman–Crippen MR) is 89.4 cm³/mol. The molecule has 1 aliphatic heterocycles. The van der Waals surface area contributed by atoms with Crippen LogP contribution in [0.4, 0.5) is 0 Å². The van der Waals surface area contributed by atoms with Crippen LogP contribution in [0.3, 0.4) is 0 Å². The van der Waals surface area contributed by atoms with Gasteiger partial charge in [0, 0.05) is 18.3 Å². The predicted octanol–water partition coefficient (Wildman–Crippen LogP) is 1.60. The molecule has 0 saturated carbocycles. The summed E-state index contributed by atoms with van der Waals surface area (Å²) in [5.74, 6) is -0.188. The summed E-state index contributed by atoms with van der Waals surface area (Å²) in [6.07, 6.45) is 5.78. The number of hydrogen-bond donors (Lipinski definition) is 1. The Hall–Kier alpha value is -2.15. The molecule has 0 aromatic heterocycles. The third-order valence-corrected chi connectivity index (χ3v) is 4.67. The molecule has 7 heteroatoms. The van der Waals surface area contributed by atoms with E-state index in [2.05, 4.69) is 10.5 Å². The quantitative estimate of drug-likeness (QED) is 0.793. The van der Waals surface area contributed by atoms with E-state index >= 15 is 0 Å². The van der Waals surface area contributed by atoms with E-state index in [0.717, 1.165) is 16.9 Å². The van der Waals surface area contributed by atoms with Crippen LogP contribution in [0.5, 0.6) is 0 Å². The monoisotopic (exact) mass is 336 g/mol. The van der Waals surface area contributed by atoms with Gasteiger partial charge in [0.1, 0.15) is 10.6 Å². The fourth-order valence-electron chi connectivity index (χ4n) is 2.81. The van der Waals surface area contributed by atoms with Gasteiger partial charge in [-0.1, -0.05) is 24.6 Å². The minimum absolute atomic E-state index is 0.00713. The summed E-state index contributed by atoms with van der Waals surface area (Å²) < 4.78 is 28.4. The standard InChI is InChI=1S/C16H20N2O4S/c1-9-5-12(16(23(20)21)13(6-9)22-4)7-10(2)15-11(3)8-14(19)17-18-15/h5-7,11-12H,8H2,1-4H3,(H,17,19). The molecule has 0 fully saturated rings. The molecule has 6 nitrogen and oxygen atoms in total. The van der Waals surface area contributed by atoms with Crippen LogP contribution in [0.15, 0.2) is 40.2 Å². The first-order valence-electron chi connectivity index (χ1n) is 7.29. The Morgan fingerprint density at radius 3 is 2.74 bits per heavy atom. The summed E-state index contributed by atoms with van der Waals surface area (Å²) in [4.78, 5) is 11.5. The molecule has 1 aliphatic carbocycles. The number of nitrogens with zero attached hydrogens (tertiary/aromatic N) is 1. The van der Waals surface area contributed by atoms with Crippen molar-refractivity contribution in [3.63, 3.8) is 0 Å². The van der Waals surface area contributed by atoms with Gasteiger partial charge < -0.3 is 4.74 Å². The van der Waals surface area contributed by atoms with E-state index in [9.17, 15) is 13.2 Å². The third kappa shape index (κ3) is 3.79. The van der Waals surface area contributed by atoms with Crippen molar-refractivity contribution in [1.82, 2.24) is 5.43 Å². The second-order valence-corrected chi connectivity index (χ2v) is 6.64. The van der Waals surface area contributed by atoms with Crippen molar-refractivity contribution in [1.29, 1.82) is 0 Å². The maximum atomic E-state index is 11.6. The highest BCUT2D eigenvalue weighted by atomic mass is 32.2. The summed E-state index contributed by atoms with van der Waals surface area (Å²) in [6, 6.07) is 0. The highest BCUT2D eigenvalue weighted by molar-refractivity contribution is 7.73. The fraction of sp³-hybridized carbons (Fsp3) is 0.438. The summed E-state index contributed by atoms with van der Waals surface area (Å²) in [6.45, 7) is 5.68. The molecule has 2 aliphatic rings. The number of rotatable bonds is 3. The van der Waals surface area contributed by atoms with E-state index in [1.165, 1.54) is 7.11 Å². The Labute approximate surface area is 137 Å². The van der Waals surface area contributed by atoms with Gasteiger partial charge in [-0.3, -0.25) is 4.79 Å². The first-order chi connectivity index (χ1) is 10.8. The normalized spacial score (nSPS) is 25.2. The first-order valence-corrected chi connectivity index (χ1v) is 8.36. The maximum Gasteiger partial charge on any atom is 0.240 e. The second-order valence-electron chi connectivity index (χ2n) is 5.74. The van der Waals surface area contributed by atoms with Crippen molar-refractivity contribution in [2.75, 3.05) is 7.11 Å². The van der Waals surface area contributed by atoms with Crippen LogP contribution in [0.2, 0.25) is 0 Å². The highest BCUT2D eigenvalue weighted by Gasteiger charge is 2.26. The average molecular weight is 336 g/mol. The zero-order chi connectivity index (χ0) is 17.1. The van der Waals surface area contributed by atoms with Gasteiger partial charge in [0.25, 0.3) is 0 Å². The lowest BCUT2D eigenvalue weighted by molar-refractivity contribution is -0.121. The summed E-state index contributed by atoms with van der Waals surface area (Å²) in [7, 11) is -0.936. The zero-order valence-electron chi connectivity index (χ0n) is 13.6. The minimum atomic E-state index is -2.39. The van der Waals surface area contributed by atoms with Crippen LogP contribution in [0.1, 0.15) is 27.2 Å². The van der Waals surface area contributed by atoms with Crippen LogP contribution >= 0.6 is 0 Å². The van der Waals surface area contributed by atoms with Crippen LogP contribution in [-0.2, 0) is 19.8 Å². The number of carbonyl (C=O) groups excluding carboxylic acids is 1. The van der Waals surface area contributed by atoms with Crippen LogP contribution < -0.4 is 5.43 Å². The highest BCUT2D eigenvalue weighted by Crippen LogP contribution is 2.24. The van der Waals surface area contributed by atoms with Crippen molar-refractivity contribution in [3.05, 3.63) is 35.1 Å². The Balaban J connectivity index is 2.43. The second kappa shape index (κ2) is 6.95. The lowest BCUT2D eigenvalue weighted by atomic mass is 9.89. The number of methoxy groups -OCH3 is 1. The molecular weight excluding hydrogens is 316 g/mol. The Kier molecular flexibility index (Phi) is 5.20. The number of amides is 1. The third-order valence-electron chi connectivity index (χ3n) is 3.84. The number of ether oxygens (including phenoxy) is 1. The van der Waals surface area contributed by atoms with E-state index in [1.807, 2.05) is 32.9 Å². The van der Waals surface area contributed by atoms with E-state index in [1.54, 1.807) is 6.08 Å². The van der Waals surface area contributed by atoms with Crippen LogP contribution in [0, 0.1) is 11.8 Å². The molecule has 1 amide bonds. The van der Waals surface area contributed by atoms with Crippen LogP contribution in [-0.4, -0.2) is 32.0 Å². The van der Waals surface area contributed by atoms with Gasteiger partial charge >= 0.3 is 0 Å². The number of allylic oxidation sites excluding steroid dienone is 6. The molecule has 0 aromatic rings. The topological polar surface area (TPSA) is 84.8 Å². The lowest BCUT2D eigenvalue weighted by Gasteiger charge is -2.22. The van der Waals surface area contributed by atoms with E-state index in [0.29, 0.717) is 12.2 Å². The number of hydrazone groups is 1. The Morgan fingerprint density at radius 2 is 2.17 bits per heavy atom. The Morgan fingerprint density at radius 1 is 1.48 bits per heavy atom. The fourth-order valence-corrected chi connectivity index (χ4v) is 3.48. The molecule has 1 N–H and O–H groups in total. The van der Waals surface area contributed by atoms with E-state index in [4.69, 9.17) is 4.74 Å². The lowest BCUT2D eigenvalue weighted by Crippen LogP contribution is -2.32. The van der Waals surface area contributed by atoms with Gasteiger partial charge in [-0.05, 0) is 25.5 Å². The molecule has 0 radical (unpaired) electrons. The molecule has 23 heavy (non-hydrogen) atoms. The minimum Gasteiger partial charge on any atom is -0.495 e. The van der Waals surface area contributed by atoms with Gasteiger partial charge in [0.15, 0.2) is 0 Å². The maximum absolute atomic E-state index is 11.6. The Bertz CT molecular complexity index is 777. The van der Waals surface area contributed by atoms with Crippen molar-refractivity contribution in [3.8, 4) is 0 Å². The molecule has 124 valence electrons. The SMILES string of the molecule is COC1=CC(C)=CC(C=C(C)C2=NNC(=O)CC2C)C1=S(=O)=O. The molecule has 2 rings (SSSR count). The number of hydrogen-bond acceptors (Lipinski definition) is 5. The summed E-state index contributed by atoms with van der Waals surface area (Å²) in [5, 5.41) is 4.10. The molecule has 0 saturated heterocycles. The van der Waals surface area contributed by atoms with Crippen molar-refractivity contribution in [2.24, 2.45) is 16.9 Å². The van der Waals surface area contributed by atoms with E-state index < -0.39 is 16.2 Å². The molecule has 0 bridgehead atoms. The molecule has 0 spiro atoms. The molecular formula is C16H20N2O4S. The molecule has 2 atom stereocenters. The number of nitrogens with one attached hydrogen (secondary N) is 1. The van der Waals surface area contributed by atoms with E-state index in [-0.39, 0.29) is 16.7 Å². The van der Waals surface area contributed by atoms with Crippen molar-refractivity contribution in [2.45, 2.75) is 27.2 Å². The van der Waals surface area contributed by atoms with Gasteiger partial charge in [-0.15, -0.1) is 0 Å². The van der Waals surface area contributed by atoms with Crippen molar-refractivity contribution < 1.29 is 17.9 Å². The summed E-state index contributed by atoms with van der Waals surface area (Å²) in [5.41, 5.74) is 5.00. The van der Waals surface area contributed by atoms with Crippen LogP contribution in [0.25, 0.3) is 0 Å². The average Bonchev–Trinajstić information content (AvgIpc) is 2.45. The smallest absolute Gasteiger partial charge is 0.240 e. The summed E-state index contributed by atoms with van der Waals surface area (Å²) >= 11 is 0. The van der Waals surface area contributed by atoms with Gasteiger partial charge in [0.2, 0.25) is 16.2 Å².